The molecule has 2 aromatic rings. The fraction of sp³-hybridized carbons (Fsp3) is 0.0769. The van der Waals surface area contributed by atoms with Gasteiger partial charge < -0.3 is 5.32 Å². The molecule has 1 aromatic carbocycles. The van der Waals surface area contributed by atoms with Crippen LogP contribution in [-0.2, 0) is 0 Å². The molecule has 0 spiro atoms. The van der Waals surface area contributed by atoms with Gasteiger partial charge in [-0.3, -0.25) is 9.78 Å². The van der Waals surface area contributed by atoms with Gasteiger partial charge in [-0.25, -0.2) is 0 Å². The lowest BCUT2D eigenvalue weighted by molar-refractivity contribution is 0.102. The van der Waals surface area contributed by atoms with Crippen molar-refractivity contribution < 1.29 is 4.79 Å². The van der Waals surface area contributed by atoms with Gasteiger partial charge in [-0.15, -0.1) is 0 Å². The number of nitrogens with one attached hydrogen (secondary N) is 1. The molecule has 0 unspecified atom stereocenters. The van der Waals surface area contributed by atoms with E-state index >= 15 is 0 Å². The van der Waals surface area contributed by atoms with E-state index in [1.807, 2.05) is 19.1 Å². The number of rotatable bonds is 2. The number of benzene rings is 1. The molecule has 0 atom stereocenters. The summed E-state index contributed by atoms with van der Waals surface area (Å²) in [6.07, 6.45) is 3.14. The minimum absolute atomic E-state index is 0.214. The van der Waals surface area contributed by atoms with Crippen molar-refractivity contribution in [2.75, 3.05) is 5.32 Å². The molecule has 1 heterocycles. The van der Waals surface area contributed by atoms with E-state index in [1.165, 1.54) is 6.20 Å². The number of amides is 1. The average Bonchev–Trinajstić information content (AvgIpc) is 2.35. The minimum Gasteiger partial charge on any atom is -0.320 e. The Balaban J connectivity index is 2.25. The van der Waals surface area contributed by atoms with Crippen LogP contribution in [-0.4, -0.2) is 10.9 Å². The Kier molecular flexibility index (Phi) is 3.40. The molecule has 4 heteroatoms. The highest BCUT2D eigenvalue weighted by Crippen LogP contribution is 2.25. The largest absolute Gasteiger partial charge is 0.320 e. The van der Waals surface area contributed by atoms with Crippen LogP contribution in [0.5, 0.6) is 0 Å². The van der Waals surface area contributed by atoms with Crippen LogP contribution in [0.15, 0.2) is 42.7 Å². The lowest BCUT2D eigenvalue weighted by Gasteiger charge is -2.09. The highest BCUT2D eigenvalue weighted by molar-refractivity contribution is 6.34. The molecule has 0 aliphatic rings. The van der Waals surface area contributed by atoms with Crippen molar-refractivity contribution in [2.45, 2.75) is 6.92 Å². The molecule has 3 nitrogen and oxygen atoms in total. The number of carbonyl (C=O) groups excluding carboxylic acids is 1. The zero-order valence-corrected chi connectivity index (χ0v) is 10.0. The van der Waals surface area contributed by atoms with Crippen LogP contribution in [0.1, 0.15) is 15.9 Å². The Morgan fingerprint density at radius 1 is 1.29 bits per heavy atom. The molecule has 2 rings (SSSR count). The number of aryl methyl sites for hydroxylation is 1. The topological polar surface area (TPSA) is 42.0 Å². The molecule has 1 N–H and O–H groups in total. The highest BCUT2D eigenvalue weighted by Gasteiger charge is 2.09. The normalized spacial score (nSPS) is 10.0. The van der Waals surface area contributed by atoms with Crippen molar-refractivity contribution in [3.05, 3.63) is 58.9 Å². The first kappa shape index (κ1) is 11.6. The molecule has 0 aliphatic carbocycles. The minimum atomic E-state index is -0.214. The number of carbonyl (C=O) groups is 1. The number of halogens is 1. The summed E-state index contributed by atoms with van der Waals surface area (Å²) in [5.41, 5.74) is 2.07. The first-order valence-electron chi connectivity index (χ1n) is 5.15. The van der Waals surface area contributed by atoms with Gasteiger partial charge in [-0.1, -0.05) is 23.7 Å². The van der Waals surface area contributed by atoms with E-state index in [9.17, 15) is 4.79 Å². The lowest BCUT2D eigenvalue weighted by atomic mass is 10.2. The van der Waals surface area contributed by atoms with E-state index in [1.54, 1.807) is 24.4 Å². The van der Waals surface area contributed by atoms with Gasteiger partial charge in [0.05, 0.1) is 16.3 Å². The molecule has 1 amide bonds. The monoisotopic (exact) mass is 246 g/mol. The third-order valence-corrected chi connectivity index (χ3v) is 2.70. The van der Waals surface area contributed by atoms with E-state index in [-0.39, 0.29) is 5.91 Å². The highest BCUT2D eigenvalue weighted by atomic mass is 35.5. The Labute approximate surface area is 104 Å². The van der Waals surface area contributed by atoms with Gasteiger partial charge in [0, 0.05) is 12.4 Å². The van der Waals surface area contributed by atoms with Crippen LogP contribution < -0.4 is 5.32 Å². The summed E-state index contributed by atoms with van der Waals surface area (Å²) >= 11 is 6.03. The van der Waals surface area contributed by atoms with Crippen molar-refractivity contribution in [1.82, 2.24) is 4.98 Å². The van der Waals surface area contributed by atoms with Crippen LogP contribution in [0.2, 0.25) is 5.02 Å². The molecular weight excluding hydrogens is 236 g/mol. The van der Waals surface area contributed by atoms with Crippen LogP contribution in [0, 0.1) is 6.92 Å². The van der Waals surface area contributed by atoms with Gasteiger partial charge in [0.2, 0.25) is 0 Å². The summed E-state index contributed by atoms with van der Waals surface area (Å²) in [7, 11) is 0. The zero-order chi connectivity index (χ0) is 12.3. The Morgan fingerprint density at radius 3 is 2.76 bits per heavy atom. The predicted octanol–water partition coefficient (Wildman–Crippen LogP) is 3.30. The second-order valence-corrected chi connectivity index (χ2v) is 4.03. The number of anilines is 1. The van der Waals surface area contributed by atoms with E-state index in [0.717, 1.165) is 5.56 Å². The van der Waals surface area contributed by atoms with Crippen molar-refractivity contribution in [1.29, 1.82) is 0 Å². The number of nitrogens with zero attached hydrogens (tertiary/aromatic N) is 1. The molecule has 0 radical (unpaired) electrons. The third kappa shape index (κ3) is 2.63. The summed E-state index contributed by atoms with van der Waals surface area (Å²) in [4.78, 5) is 15.8. The lowest BCUT2D eigenvalue weighted by Crippen LogP contribution is -2.13. The van der Waals surface area contributed by atoms with E-state index in [2.05, 4.69) is 10.3 Å². The van der Waals surface area contributed by atoms with Crippen molar-refractivity contribution in [2.24, 2.45) is 0 Å². The maximum atomic E-state index is 11.9. The SMILES string of the molecule is Cc1cccc(Cl)c1NC(=O)c1cccnc1. The van der Waals surface area contributed by atoms with Gasteiger partial charge in [0.25, 0.3) is 5.91 Å². The molecule has 17 heavy (non-hydrogen) atoms. The van der Waals surface area contributed by atoms with Gasteiger partial charge in [-0.2, -0.15) is 0 Å². The third-order valence-electron chi connectivity index (χ3n) is 2.38. The summed E-state index contributed by atoms with van der Waals surface area (Å²) in [5, 5.41) is 3.31. The number of aromatic nitrogens is 1. The van der Waals surface area contributed by atoms with E-state index in [4.69, 9.17) is 11.6 Å². The Morgan fingerprint density at radius 2 is 2.12 bits per heavy atom. The molecule has 0 saturated heterocycles. The Bertz CT molecular complexity index is 520. The van der Waals surface area contributed by atoms with Crippen LogP contribution >= 0.6 is 11.6 Å². The predicted molar refractivity (Wildman–Crippen MR) is 68.4 cm³/mol. The second kappa shape index (κ2) is 4.97. The van der Waals surface area contributed by atoms with Crippen LogP contribution in [0.4, 0.5) is 5.69 Å². The number of para-hydroxylation sites is 1. The Hall–Kier alpha value is -1.87. The quantitative estimate of drug-likeness (QED) is 0.884. The smallest absolute Gasteiger partial charge is 0.257 e. The number of hydrogen-bond acceptors (Lipinski definition) is 2. The molecule has 1 aromatic heterocycles. The van der Waals surface area contributed by atoms with Crippen LogP contribution in [0.25, 0.3) is 0 Å². The van der Waals surface area contributed by atoms with Gasteiger partial charge >= 0.3 is 0 Å². The maximum absolute atomic E-state index is 11.9. The zero-order valence-electron chi connectivity index (χ0n) is 9.27. The van der Waals surface area contributed by atoms with Gasteiger partial charge in [-0.05, 0) is 30.7 Å². The number of pyridine rings is 1. The molecule has 86 valence electrons. The maximum Gasteiger partial charge on any atom is 0.257 e. The standard InChI is InChI=1S/C13H11ClN2O/c1-9-4-2-6-11(14)12(9)16-13(17)10-5-3-7-15-8-10/h2-8H,1H3,(H,16,17). The number of hydrogen-bond donors (Lipinski definition) is 1. The molecule has 0 saturated carbocycles. The molecular formula is C13H11ClN2O. The van der Waals surface area contributed by atoms with Gasteiger partial charge in [0.15, 0.2) is 0 Å². The van der Waals surface area contributed by atoms with Crippen LogP contribution in [0.3, 0.4) is 0 Å². The molecule has 0 bridgehead atoms. The summed E-state index contributed by atoms with van der Waals surface area (Å²) < 4.78 is 0. The van der Waals surface area contributed by atoms with Crippen molar-refractivity contribution in [3.8, 4) is 0 Å². The first-order chi connectivity index (χ1) is 8.18. The van der Waals surface area contributed by atoms with E-state index < -0.39 is 0 Å². The fourth-order valence-electron chi connectivity index (χ4n) is 1.47. The molecule has 0 fully saturated rings. The van der Waals surface area contributed by atoms with Gasteiger partial charge in [0.1, 0.15) is 0 Å². The van der Waals surface area contributed by atoms with Crippen molar-refractivity contribution >= 4 is 23.2 Å². The average molecular weight is 247 g/mol. The molecule has 0 aliphatic heterocycles. The summed E-state index contributed by atoms with van der Waals surface area (Å²) in [6, 6.07) is 8.90. The van der Waals surface area contributed by atoms with Crippen molar-refractivity contribution in [3.63, 3.8) is 0 Å². The van der Waals surface area contributed by atoms with E-state index in [0.29, 0.717) is 16.3 Å². The fourth-order valence-corrected chi connectivity index (χ4v) is 1.74. The second-order valence-electron chi connectivity index (χ2n) is 3.63. The first-order valence-corrected chi connectivity index (χ1v) is 5.53. The summed E-state index contributed by atoms with van der Waals surface area (Å²) in [6.45, 7) is 1.89. The summed E-state index contributed by atoms with van der Waals surface area (Å²) in [5.74, 6) is -0.214.